The molecule has 0 saturated carbocycles. The van der Waals surface area contributed by atoms with Crippen molar-refractivity contribution in [1.82, 2.24) is 4.90 Å². The predicted molar refractivity (Wildman–Crippen MR) is 131 cm³/mol. The average Bonchev–Trinajstić information content (AvgIpc) is 3.19. The van der Waals surface area contributed by atoms with Crippen molar-refractivity contribution in [3.63, 3.8) is 0 Å². The molecule has 1 aromatic heterocycles. The highest BCUT2D eigenvalue weighted by molar-refractivity contribution is 7.20. The molecule has 0 radical (unpaired) electrons. The van der Waals surface area contributed by atoms with E-state index in [0.717, 1.165) is 21.6 Å². The summed E-state index contributed by atoms with van der Waals surface area (Å²) in [5.74, 6) is 0.0790. The third-order valence-corrected chi connectivity index (χ3v) is 6.78. The molecule has 0 atom stereocenters. The Morgan fingerprint density at radius 1 is 1.12 bits per heavy atom. The number of amides is 2. The molecule has 0 unspecified atom stereocenters. The van der Waals surface area contributed by atoms with Gasteiger partial charge in [0.2, 0.25) is 0 Å². The van der Waals surface area contributed by atoms with Crippen LogP contribution < -0.4 is 10.1 Å². The van der Waals surface area contributed by atoms with E-state index in [1.807, 2.05) is 37.3 Å². The van der Waals surface area contributed by atoms with Crippen LogP contribution >= 0.6 is 11.3 Å². The molecule has 3 aromatic rings. The van der Waals surface area contributed by atoms with E-state index < -0.39 is 0 Å². The zero-order chi connectivity index (χ0) is 23.9. The predicted octanol–water partition coefficient (Wildman–Crippen LogP) is 4.28. The van der Waals surface area contributed by atoms with Gasteiger partial charge in [-0.2, -0.15) is 5.26 Å². The van der Waals surface area contributed by atoms with E-state index in [4.69, 9.17) is 14.7 Å². The van der Waals surface area contributed by atoms with Crippen molar-refractivity contribution in [2.45, 2.75) is 13.3 Å². The minimum Gasteiger partial charge on any atom is -0.484 e. The number of ether oxygens (including phenoxy) is 2. The Bertz CT molecular complexity index is 1190. The lowest BCUT2D eigenvalue weighted by Crippen LogP contribution is -2.41. The van der Waals surface area contributed by atoms with Gasteiger partial charge in [0.25, 0.3) is 11.8 Å². The first-order valence-corrected chi connectivity index (χ1v) is 11.8. The molecule has 7 nitrogen and oxygen atoms in total. The van der Waals surface area contributed by atoms with Crippen LogP contribution in [0.15, 0.2) is 54.6 Å². The van der Waals surface area contributed by atoms with Gasteiger partial charge in [-0.3, -0.25) is 9.59 Å². The maximum Gasteiger partial charge on any atom is 0.262 e. The van der Waals surface area contributed by atoms with E-state index in [1.54, 1.807) is 29.2 Å². The Morgan fingerprint density at radius 2 is 1.82 bits per heavy atom. The lowest BCUT2D eigenvalue weighted by atomic mass is 10.1. The molecule has 2 heterocycles. The number of benzene rings is 2. The van der Waals surface area contributed by atoms with Crippen LogP contribution in [0.2, 0.25) is 0 Å². The van der Waals surface area contributed by atoms with Gasteiger partial charge in [-0.25, -0.2) is 0 Å². The second-order valence-electron chi connectivity index (χ2n) is 7.85. The minimum atomic E-state index is -0.349. The van der Waals surface area contributed by atoms with E-state index in [2.05, 4.69) is 11.4 Å². The molecular formula is C26H25N3O4S. The second-order valence-corrected chi connectivity index (χ2v) is 8.87. The molecule has 0 spiro atoms. The molecule has 2 aromatic carbocycles. The Hall–Kier alpha value is -3.67. The Kier molecular flexibility index (Phi) is 7.58. The van der Waals surface area contributed by atoms with E-state index in [1.165, 1.54) is 11.3 Å². The summed E-state index contributed by atoms with van der Waals surface area (Å²) in [7, 11) is 0. The number of hydrogen-bond donors (Lipinski definition) is 1. The number of carbonyl (C=O) groups is 2. The third kappa shape index (κ3) is 5.45. The number of rotatable bonds is 7. The molecule has 174 valence electrons. The maximum atomic E-state index is 13.4. The fraction of sp³-hybridized carbons (Fsp3) is 0.269. The quantitative estimate of drug-likeness (QED) is 0.551. The van der Waals surface area contributed by atoms with E-state index in [-0.39, 0.29) is 18.4 Å². The molecule has 1 fully saturated rings. The van der Waals surface area contributed by atoms with Gasteiger partial charge in [-0.15, -0.1) is 11.3 Å². The molecule has 1 aliphatic heterocycles. The lowest BCUT2D eigenvalue weighted by molar-refractivity contribution is -0.118. The summed E-state index contributed by atoms with van der Waals surface area (Å²) in [5, 5.41) is 12.2. The van der Waals surface area contributed by atoms with Crippen LogP contribution in [0.1, 0.15) is 21.5 Å². The molecule has 1 N–H and O–H groups in total. The van der Waals surface area contributed by atoms with Gasteiger partial charge in [0.15, 0.2) is 6.61 Å². The van der Waals surface area contributed by atoms with Crippen LogP contribution in [0.4, 0.5) is 5.00 Å². The number of nitriles is 1. The smallest absolute Gasteiger partial charge is 0.262 e. The first kappa shape index (κ1) is 23.5. The van der Waals surface area contributed by atoms with Gasteiger partial charge < -0.3 is 19.7 Å². The molecule has 1 aliphatic rings. The van der Waals surface area contributed by atoms with Crippen LogP contribution in [0.5, 0.6) is 5.75 Å². The molecule has 0 bridgehead atoms. The molecule has 2 amide bonds. The topological polar surface area (TPSA) is 91.7 Å². The first-order chi connectivity index (χ1) is 16.6. The van der Waals surface area contributed by atoms with Crippen molar-refractivity contribution >= 4 is 28.2 Å². The number of anilines is 1. The summed E-state index contributed by atoms with van der Waals surface area (Å²) >= 11 is 1.39. The van der Waals surface area contributed by atoms with Gasteiger partial charge in [0, 0.05) is 18.0 Å². The highest BCUT2D eigenvalue weighted by Crippen LogP contribution is 2.40. The number of nitrogens with zero attached hydrogens (tertiary/aromatic N) is 2. The minimum absolute atomic E-state index is 0.108. The van der Waals surface area contributed by atoms with Crippen LogP contribution in [0, 0.1) is 18.3 Å². The number of nitrogens with one attached hydrogen (secondary N) is 1. The zero-order valence-electron chi connectivity index (χ0n) is 18.9. The summed E-state index contributed by atoms with van der Waals surface area (Å²) in [6, 6.07) is 19.0. The van der Waals surface area contributed by atoms with E-state index in [0.29, 0.717) is 49.0 Å². The van der Waals surface area contributed by atoms with Crippen molar-refractivity contribution < 1.29 is 19.1 Å². The van der Waals surface area contributed by atoms with Crippen molar-refractivity contribution in [2.24, 2.45) is 0 Å². The standard InChI is InChI=1S/C26H25N3O4S/c1-18-23(26(31)29-13-15-32-16-14-29)25(34-24(18)20-5-3-2-4-6-20)28-22(30)17-33-21-9-7-19(8-10-21)11-12-27/h2-10H,11,13-17H2,1H3,(H,28,30). The molecule has 34 heavy (non-hydrogen) atoms. The fourth-order valence-corrected chi connectivity index (χ4v) is 4.98. The zero-order valence-corrected chi connectivity index (χ0v) is 19.7. The largest absolute Gasteiger partial charge is 0.484 e. The van der Waals surface area contributed by atoms with Crippen LogP contribution in [0.25, 0.3) is 10.4 Å². The summed E-state index contributed by atoms with van der Waals surface area (Å²) in [6.07, 6.45) is 0.322. The van der Waals surface area contributed by atoms with Crippen molar-refractivity contribution in [3.05, 3.63) is 71.3 Å². The van der Waals surface area contributed by atoms with Gasteiger partial charge in [0.05, 0.1) is 31.3 Å². The number of hydrogen-bond acceptors (Lipinski definition) is 6. The lowest BCUT2D eigenvalue weighted by Gasteiger charge is -2.27. The summed E-state index contributed by atoms with van der Waals surface area (Å²) < 4.78 is 11.0. The third-order valence-electron chi connectivity index (χ3n) is 5.52. The number of thiophene rings is 1. The highest BCUT2D eigenvalue weighted by Gasteiger charge is 2.28. The van der Waals surface area contributed by atoms with Crippen molar-refractivity contribution in [3.8, 4) is 22.3 Å². The van der Waals surface area contributed by atoms with Gasteiger partial charge in [0.1, 0.15) is 10.8 Å². The molecular weight excluding hydrogens is 450 g/mol. The maximum absolute atomic E-state index is 13.4. The number of morpholine rings is 1. The van der Waals surface area contributed by atoms with Crippen LogP contribution in [0.3, 0.4) is 0 Å². The summed E-state index contributed by atoms with van der Waals surface area (Å²) in [5.41, 5.74) is 3.24. The molecule has 0 aliphatic carbocycles. The molecule has 8 heteroatoms. The summed E-state index contributed by atoms with van der Waals surface area (Å²) in [4.78, 5) is 28.9. The second kappa shape index (κ2) is 11.0. The highest BCUT2D eigenvalue weighted by atomic mass is 32.1. The Morgan fingerprint density at radius 3 is 2.50 bits per heavy atom. The van der Waals surface area contributed by atoms with Crippen LogP contribution in [-0.2, 0) is 16.0 Å². The van der Waals surface area contributed by atoms with Gasteiger partial charge in [-0.05, 0) is 35.7 Å². The van der Waals surface area contributed by atoms with Gasteiger partial charge >= 0.3 is 0 Å². The van der Waals surface area contributed by atoms with Crippen molar-refractivity contribution in [1.29, 1.82) is 5.26 Å². The SMILES string of the molecule is Cc1c(-c2ccccc2)sc(NC(=O)COc2ccc(CC#N)cc2)c1C(=O)N1CCOCC1. The van der Waals surface area contributed by atoms with Crippen LogP contribution in [-0.4, -0.2) is 49.6 Å². The fourth-order valence-electron chi connectivity index (χ4n) is 3.75. The Labute approximate surface area is 202 Å². The molecule has 1 saturated heterocycles. The Balaban J connectivity index is 1.53. The van der Waals surface area contributed by atoms with Gasteiger partial charge in [-0.1, -0.05) is 42.5 Å². The first-order valence-electron chi connectivity index (χ1n) is 11.0. The summed E-state index contributed by atoms with van der Waals surface area (Å²) in [6.45, 7) is 3.77. The van der Waals surface area contributed by atoms with E-state index >= 15 is 0 Å². The monoisotopic (exact) mass is 475 g/mol. The normalized spacial score (nSPS) is 13.2. The number of carbonyl (C=O) groups excluding carboxylic acids is 2. The average molecular weight is 476 g/mol. The van der Waals surface area contributed by atoms with E-state index in [9.17, 15) is 9.59 Å². The molecule has 4 rings (SSSR count). The van der Waals surface area contributed by atoms with Crippen molar-refractivity contribution in [2.75, 3.05) is 38.2 Å².